The molecule has 0 saturated carbocycles. The van der Waals surface area contributed by atoms with Crippen LogP contribution in [0.5, 0.6) is 11.5 Å². The molecule has 16 heavy (non-hydrogen) atoms. The maximum Gasteiger partial charge on any atom is 0.167 e. The fourth-order valence-electron chi connectivity index (χ4n) is 1.83. The van der Waals surface area contributed by atoms with Crippen molar-refractivity contribution >= 4 is 11.6 Å². The van der Waals surface area contributed by atoms with Gasteiger partial charge >= 0.3 is 0 Å². The quantitative estimate of drug-likeness (QED) is 0.831. The van der Waals surface area contributed by atoms with Gasteiger partial charge in [0.15, 0.2) is 11.5 Å². The average Bonchev–Trinajstić information content (AvgIpc) is 2.33. The van der Waals surface area contributed by atoms with Gasteiger partial charge < -0.3 is 19.9 Å². The number of phenolic OH excluding ortho intramolecular Hbond substituents is 1. The smallest absolute Gasteiger partial charge is 0.167 e. The highest BCUT2D eigenvalue weighted by molar-refractivity contribution is 6.31. The maximum absolute atomic E-state index is 9.69. The summed E-state index contributed by atoms with van der Waals surface area (Å²) < 4.78 is 10.8. The average molecular weight is 244 g/mol. The van der Waals surface area contributed by atoms with Gasteiger partial charge in [0.2, 0.25) is 0 Å². The minimum absolute atomic E-state index is 0.0797. The topological polar surface area (TPSA) is 50.7 Å². The molecule has 0 amide bonds. The van der Waals surface area contributed by atoms with Crippen molar-refractivity contribution in [2.75, 3.05) is 26.8 Å². The Morgan fingerprint density at radius 1 is 1.56 bits per heavy atom. The first-order chi connectivity index (χ1) is 7.74. The molecule has 0 radical (unpaired) electrons. The summed E-state index contributed by atoms with van der Waals surface area (Å²) >= 11 is 6.11. The Morgan fingerprint density at radius 2 is 2.38 bits per heavy atom. The number of morpholine rings is 1. The van der Waals surface area contributed by atoms with Crippen LogP contribution < -0.4 is 10.1 Å². The lowest BCUT2D eigenvalue weighted by atomic mass is 10.1. The molecule has 0 bridgehead atoms. The van der Waals surface area contributed by atoms with Gasteiger partial charge in [0.25, 0.3) is 0 Å². The van der Waals surface area contributed by atoms with Gasteiger partial charge in [-0.2, -0.15) is 0 Å². The number of nitrogens with one attached hydrogen (secondary N) is 1. The van der Waals surface area contributed by atoms with Crippen LogP contribution in [-0.2, 0) is 4.74 Å². The van der Waals surface area contributed by atoms with Crippen LogP contribution in [0.4, 0.5) is 0 Å². The number of ether oxygens (including phenoxy) is 2. The third-order valence-corrected chi connectivity index (χ3v) is 2.91. The highest BCUT2D eigenvalue weighted by Gasteiger charge is 2.24. The SMILES string of the molecule is COc1c(O)ccc(Cl)c1C1CNCCO1. The summed E-state index contributed by atoms with van der Waals surface area (Å²) in [6.45, 7) is 2.12. The highest BCUT2D eigenvalue weighted by Crippen LogP contribution is 2.40. The minimum Gasteiger partial charge on any atom is -0.504 e. The van der Waals surface area contributed by atoms with Gasteiger partial charge in [0.05, 0.1) is 18.7 Å². The van der Waals surface area contributed by atoms with Crippen LogP contribution in [0.3, 0.4) is 0 Å². The highest BCUT2D eigenvalue weighted by atomic mass is 35.5. The van der Waals surface area contributed by atoms with Crippen molar-refractivity contribution in [3.05, 3.63) is 22.7 Å². The number of methoxy groups -OCH3 is 1. The van der Waals surface area contributed by atoms with Crippen molar-refractivity contribution in [1.29, 1.82) is 0 Å². The molecule has 5 heteroatoms. The molecule has 1 saturated heterocycles. The van der Waals surface area contributed by atoms with Crippen molar-refractivity contribution in [2.45, 2.75) is 6.10 Å². The summed E-state index contributed by atoms with van der Waals surface area (Å²) in [5.41, 5.74) is 0.705. The van der Waals surface area contributed by atoms with Crippen molar-refractivity contribution < 1.29 is 14.6 Å². The molecule has 2 rings (SSSR count). The standard InChI is InChI=1S/C11H14ClNO3/c1-15-11-8(14)3-2-7(12)10(11)9-6-13-4-5-16-9/h2-3,9,13-14H,4-6H2,1H3. The molecule has 1 heterocycles. The monoisotopic (exact) mass is 243 g/mol. The third kappa shape index (κ3) is 2.09. The zero-order valence-corrected chi connectivity index (χ0v) is 9.75. The fourth-order valence-corrected chi connectivity index (χ4v) is 2.10. The number of aromatic hydroxyl groups is 1. The Kier molecular flexibility index (Phi) is 3.53. The van der Waals surface area contributed by atoms with E-state index in [1.165, 1.54) is 13.2 Å². The lowest BCUT2D eigenvalue weighted by Crippen LogP contribution is -2.33. The van der Waals surface area contributed by atoms with E-state index in [4.69, 9.17) is 21.1 Å². The summed E-state index contributed by atoms with van der Waals surface area (Å²) in [7, 11) is 1.51. The number of hydrogen-bond acceptors (Lipinski definition) is 4. The summed E-state index contributed by atoms with van der Waals surface area (Å²) in [5, 5.41) is 13.4. The Balaban J connectivity index is 2.40. The van der Waals surface area contributed by atoms with Gasteiger partial charge in [-0.25, -0.2) is 0 Å². The molecule has 1 aromatic carbocycles. The summed E-state index contributed by atoms with van der Waals surface area (Å²) in [6.07, 6.45) is -0.178. The van der Waals surface area contributed by atoms with Crippen LogP contribution in [0.1, 0.15) is 11.7 Å². The van der Waals surface area contributed by atoms with Crippen molar-refractivity contribution in [1.82, 2.24) is 5.32 Å². The number of halogens is 1. The molecule has 88 valence electrons. The van der Waals surface area contributed by atoms with Crippen LogP contribution in [0.25, 0.3) is 0 Å². The second-order valence-electron chi connectivity index (χ2n) is 3.58. The number of benzene rings is 1. The zero-order valence-electron chi connectivity index (χ0n) is 9.00. The number of phenols is 1. The largest absolute Gasteiger partial charge is 0.504 e. The fraction of sp³-hybridized carbons (Fsp3) is 0.455. The van der Waals surface area contributed by atoms with Gasteiger partial charge in [-0.15, -0.1) is 0 Å². The van der Waals surface area contributed by atoms with E-state index in [0.29, 0.717) is 29.5 Å². The van der Waals surface area contributed by atoms with E-state index in [-0.39, 0.29) is 11.9 Å². The Hall–Kier alpha value is -0.970. The Morgan fingerprint density at radius 3 is 3.00 bits per heavy atom. The molecular formula is C11H14ClNO3. The van der Waals surface area contributed by atoms with Crippen LogP contribution in [0.15, 0.2) is 12.1 Å². The predicted octanol–water partition coefficient (Wildman–Crippen LogP) is 1.72. The number of rotatable bonds is 2. The maximum atomic E-state index is 9.69. The molecule has 1 atom stereocenters. The molecule has 1 aromatic rings. The molecule has 1 aliphatic heterocycles. The molecule has 1 unspecified atom stereocenters. The third-order valence-electron chi connectivity index (χ3n) is 2.58. The second kappa shape index (κ2) is 4.91. The molecule has 1 aliphatic rings. The Labute approximate surface area is 99.1 Å². The lowest BCUT2D eigenvalue weighted by molar-refractivity contribution is 0.0261. The van der Waals surface area contributed by atoms with Crippen LogP contribution in [0, 0.1) is 0 Å². The lowest BCUT2D eigenvalue weighted by Gasteiger charge is -2.26. The van der Waals surface area contributed by atoms with Crippen LogP contribution in [0.2, 0.25) is 5.02 Å². The predicted molar refractivity (Wildman–Crippen MR) is 61.2 cm³/mol. The minimum atomic E-state index is -0.178. The molecule has 0 aromatic heterocycles. The van der Waals surface area contributed by atoms with E-state index in [1.54, 1.807) is 6.07 Å². The second-order valence-corrected chi connectivity index (χ2v) is 3.98. The van der Waals surface area contributed by atoms with Gasteiger partial charge in [-0.3, -0.25) is 0 Å². The van der Waals surface area contributed by atoms with E-state index in [2.05, 4.69) is 5.32 Å². The number of hydrogen-bond donors (Lipinski definition) is 2. The summed E-state index contributed by atoms with van der Waals surface area (Å²) in [6, 6.07) is 3.16. The molecule has 0 aliphatic carbocycles. The van der Waals surface area contributed by atoms with E-state index in [1.807, 2.05) is 0 Å². The van der Waals surface area contributed by atoms with Crippen LogP contribution >= 0.6 is 11.6 Å². The van der Waals surface area contributed by atoms with E-state index < -0.39 is 0 Å². The van der Waals surface area contributed by atoms with Crippen molar-refractivity contribution in [2.24, 2.45) is 0 Å². The summed E-state index contributed by atoms with van der Waals surface area (Å²) in [5.74, 6) is 0.470. The zero-order chi connectivity index (χ0) is 11.5. The van der Waals surface area contributed by atoms with E-state index >= 15 is 0 Å². The van der Waals surface area contributed by atoms with Gasteiger partial charge in [0.1, 0.15) is 6.10 Å². The van der Waals surface area contributed by atoms with E-state index in [9.17, 15) is 5.11 Å². The van der Waals surface area contributed by atoms with E-state index in [0.717, 1.165) is 6.54 Å². The van der Waals surface area contributed by atoms with Gasteiger partial charge in [-0.1, -0.05) is 11.6 Å². The molecule has 4 nitrogen and oxygen atoms in total. The van der Waals surface area contributed by atoms with Gasteiger partial charge in [-0.05, 0) is 12.1 Å². The first-order valence-electron chi connectivity index (χ1n) is 5.11. The molecule has 0 spiro atoms. The first kappa shape index (κ1) is 11.5. The normalized spacial score (nSPS) is 20.8. The summed E-state index contributed by atoms with van der Waals surface area (Å²) in [4.78, 5) is 0. The first-order valence-corrected chi connectivity index (χ1v) is 5.49. The van der Waals surface area contributed by atoms with Gasteiger partial charge in [0, 0.05) is 18.7 Å². The Bertz CT molecular complexity index is 378. The molecule has 1 fully saturated rings. The van der Waals surface area contributed by atoms with Crippen LogP contribution in [-0.4, -0.2) is 31.9 Å². The molecular weight excluding hydrogens is 230 g/mol. The van der Waals surface area contributed by atoms with Crippen molar-refractivity contribution in [3.8, 4) is 11.5 Å². The van der Waals surface area contributed by atoms with Crippen molar-refractivity contribution in [3.63, 3.8) is 0 Å². The molecule has 2 N–H and O–H groups in total.